The zero-order valence-corrected chi connectivity index (χ0v) is 9.12. The van der Waals surface area contributed by atoms with Crippen molar-refractivity contribution in [3.8, 4) is 5.75 Å². The highest BCUT2D eigenvalue weighted by atomic mass is 19.4. The van der Waals surface area contributed by atoms with Crippen LogP contribution in [0.3, 0.4) is 0 Å². The molecule has 1 aromatic rings. The van der Waals surface area contributed by atoms with Crippen molar-refractivity contribution in [3.63, 3.8) is 0 Å². The molecular weight excluding hydrogens is 235 g/mol. The zero-order valence-electron chi connectivity index (χ0n) is 9.12. The van der Waals surface area contributed by atoms with E-state index in [9.17, 15) is 18.0 Å². The fourth-order valence-electron chi connectivity index (χ4n) is 1.50. The Morgan fingerprint density at radius 1 is 1.35 bits per heavy atom. The van der Waals surface area contributed by atoms with Crippen LogP contribution in [-0.2, 0) is 4.79 Å². The molecule has 0 radical (unpaired) electrons. The lowest BCUT2D eigenvalue weighted by atomic mass is 9.96. The van der Waals surface area contributed by atoms with Gasteiger partial charge in [-0.25, -0.2) is 0 Å². The number of halogens is 3. The van der Waals surface area contributed by atoms with Gasteiger partial charge in [0.05, 0.1) is 5.92 Å². The van der Waals surface area contributed by atoms with Crippen LogP contribution in [0.4, 0.5) is 13.2 Å². The number of carbonyl (C=O) groups is 1. The van der Waals surface area contributed by atoms with E-state index >= 15 is 0 Å². The third kappa shape index (κ3) is 3.97. The summed E-state index contributed by atoms with van der Waals surface area (Å²) in [5, 5.41) is 0. The Labute approximate surface area is 96.4 Å². The van der Waals surface area contributed by atoms with Crippen LogP contribution in [0.1, 0.15) is 24.8 Å². The van der Waals surface area contributed by atoms with Crippen molar-refractivity contribution in [2.24, 2.45) is 5.73 Å². The van der Waals surface area contributed by atoms with Gasteiger partial charge in [-0.1, -0.05) is 19.1 Å². The van der Waals surface area contributed by atoms with Gasteiger partial charge in [0, 0.05) is 0 Å². The molecule has 1 unspecified atom stereocenters. The molecule has 1 atom stereocenters. The topological polar surface area (TPSA) is 52.3 Å². The fourth-order valence-corrected chi connectivity index (χ4v) is 1.50. The largest absolute Gasteiger partial charge is 0.573 e. The molecule has 1 amide bonds. The number of ether oxygens (including phenoxy) is 1. The Morgan fingerprint density at radius 3 is 2.24 bits per heavy atom. The molecule has 0 saturated heterocycles. The van der Waals surface area contributed by atoms with Gasteiger partial charge in [-0.3, -0.25) is 4.79 Å². The summed E-state index contributed by atoms with van der Waals surface area (Å²) >= 11 is 0. The van der Waals surface area contributed by atoms with Crippen molar-refractivity contribution in [2.45, 2.75) is 25.6 Å². The van der Waals surface area contributed by atoms with Crippen LogP contribution < -0.4 is 10.5 Å². The minimum atomic E-state index is -4.71. The van der Waals surface area contributed by atoms with Crippen LogP contribution in [0.2, 0.25) is 0 Å². The van der Waals surface area contributed by atoms with Crippen molar-refractivity contribution in [1.82, 2.24) is 0 Å². The molecule has 1 aromatic carbocycles. The van der Waals surface area contributed by atoms with E-state index in [2.05, 4.69) is 4.74 Å². The molecule has 0 heterocycles. The number of primary amides is 1. The van der Waals surface area contributed by atoms with Crippen molar-refractivity contribution in [2.75, 3.05) is 0 Å². The van der Waals surface area contributed by atoms with Crippen molar-refractivity contribution >= 4 is 5.91 Å². The Bertz CT molecular complexity index is 387. The first kappa shape index (κ1) is 13.3. The van der Waals surface area contributed by atoms with Crippen LogP contribution in [0, 0.1) is 0 Å². The number of amides is 1. The highest BCUT2D eigenvalue weighted by Crippen LogP contribution is 2.25. The molecule has 0 aliphatic heterocycles. The summed E-state index contributed by atoms with van der Waals surface area (Å²) < 4.78 is 39.4. The standard InChI is InChI=1S/C11H12F3NO2/c1-2-9(10(15)16)7-3-5-8(6-4-7)17-11(12,13)14/h3-6,9H,2H2,1H3,(H2,15,16). The van der Waals surface area contributed by atoms with Crippen molar-refractivity contribution in [1.29, 1.82) is 0 Å². The second kappa shape index (κ2) is 5.07. The predicted octanol–water partition coefficient (Wildman–Crippen LogP) is 2.56. The first-order valence-electron chi connectivity index (χ1n) is 4.98. The number of hydrogen-bond donors (Lipinski definition) is 1. The molecule has 0 aliphatic rings. The molecule has 0 bridgehead atoms. The molecule has 0 spiro atoms. The smallest absolute Gasteiger partial charge is 0.406 e. The number of hydrogen-bond acceptors (Lipinski definition) is 2. The number of alkyl halides is 3. The number of rotatable bonds is 4. The van der Waals surface area contributed by atoms with Gasteiger partial charge >= 0.3 is 6.36 Å². The third-order valence-corrected chi connectivity index (χ3v) is 2.27. The monoisotopic (exact) mass is 247 g/mol. The van der Waals surface area contributed by atoms with Gasteiger partial charge < -0.3 is 10.5 Å². The molecule has 3 nitrogen and oxygen atoms in total. The average molecular weight is 247 g/mol. The highest BCUT2D eigenvalue weighted by molar-refractivity contribution is 5.81. The number of nitrogens with two attached hydrogens (primary N) is 1. The Kier molecular flexibility index (Phi) is 3.98. The molecule has 0 fully saturated rings. The summed E-state index contributed by atoms with van der Waals surface area (Å²) in [6, 6.07) is 5.13. The van der Waals surface area contributed by atoms with Gasteiger partial charge in [-0.05, 0) is 24.1 Å². The van der Waals surface area contributed by atoms with Gasteiger partial charge in [0.25, 0.3) is 0 Å². The summed E-state index contributed by atoms with van der Waals surface area (Å²) in [5.41, 5.74) is 5.75. The predicted molar refractivity (Wildman–Crippen MR) is 55.4 cm³/mol. The second-order valence-electron chi connectivity index (χ2n) is 3.48. The lowest BCUT2D eigenvalue weighted by Gasteiger charge is -2.13. The SMILES string of the molecule is CCC(C(N)=O)c1ccc(OC(F)(F)F)cc1. The summed E-state index contributed by atoms with van der Waals surface area (Å²) in [7, 11) is 0. The van der Waals surface area contributed by atoms with E-state index in [1.807, 2.05) is 0 Å². The lowest BCUT2D eigenvalue weighted by molar-refractivity contribution is -0.274. The van der Waals surface area contributed by atoms with Gasteiger partial charge in [0.1, 0.15) is 5.75 Å². The minimum Gasteiger partial charge on any atom is -0.406 e. The maximum atomic E-state index is 11.9. The van der Waals surface area contributed by atoms with Crippen LogP contribution in [0.15, 0.2) is 24.3 Å². The van der Waals surface area contributed by atoms with Gasteiger partial charge in [0.2, 0.25) is 5.91 Å². The first-order chi connectivity index (χ1) is 7.83. The molecule has 0 aromatic heterocycles. The van der Waals surface area contributed by atoms with E-state index < -0.39 is 18.2 Å². The Hall–Kier alpha value is -1.72. The fraction of sp³-hybridized carbons (Fsp3) is 0.364. The Morgan fingerprint density at radius 2 is 1.88 bits per heavy atom. The quantitative estimate of drug-likeness (QED) is 0.888. The van der Waals surface area contributed by atoms with E-state index in [0.717, 1.165) is 12.1 Å². The highest BCUT2D eigenvalue weighted by Gasteiger charge is 2.31. The molecule has 94 valence electrons. The van der Waals surface area contributed by atoms with E-state index in [1.54, 1.807) is 6.92 Å². The molecule has 2 N–H and O–H groups in total. The molecule has 0 saturated carbocycles. The van der Waals surface area contributed by atoms with Crippen LogP contribution in [0.25, 0.3) is 0 Å². The first-order valence-corrected chi connectivity index (χ1v) is 4.98. The summed E-state index contributed by atoms with van der Waals surface area (Å²) in [6.07, 6.45) is -4.22. The Balaban J connectivity index is 2.84. The van der Waals surface area contributed by atoms with Crippen LogP contribution in [0.5, 0.6) is 5.75 Å². The van der Waals surface area contributed by atoms with E-state index in [-0.39, 0.29) is 5.75 Å². The van der Waals surface area contributed by atoms with Crippen molar-refractivity contribution < 1.29 is 22.7 Å². The van der Waals surface area contributed by atoms with E-state index in [0.29, 0.717) is 12.0 Å². The van der Waals surface area contributed by atoms with E-state index in [4.69, 9.17) is 5.73 Å². The molecule has 1 rings (SSSR count). The van der Waals surface area contributed by atoms with Gasteiger partial charge in [0.15, 0.2) is 0 Å². The third-order valence-electron chi connectivity index (χ3n) is 2.27. The summed E-state index contributed by atoms with van der Waals surface area (Å²) in [5.74, 6) is -1.31. The normalized spacial score (nSPS) is 13.2. The number of carbonyl (C=O) groups excluding carboxylic acids is 1. The summed E-state index contributed by atoms with van der Waals surface area (Å²) in [6.45, 7) is 1.77. The van der Waals surface area contributed by atoms with E-state index in [1.165, 1.54) is 12.1 Å². The van der Waals surface area contributed by atoms with Crippen molar-refractivity contribution in [3.05, 3.63) is 29.8 Å². The maximum absolute atomic E-state index is 11.9. The molecular formula is C11H12F3NO2. The second-order valence-corrected chi connectivity index (χ2v) is 3.48. The van der Waals surface area contributed by atoms with Crippen LogP contribution in [-0.4, -0.2) is 12.3 Å². The molecule has 6 heteroatoms. The number of benzene rings is 1. The molecule has 0 aliphatic carbocycles. The van der Waals surface area contributed by atoms with Crippen LogP contribution >= 0.6 is 0 Å². The zero-order chi connectivity index (χ0) is 13.1. The lowest BCUT2D eigenvalue weighted by Crippen LogP contribution is -2.21. The maximum Gasteiger partial charge on any atom is 0.573 e. The van der Waals surface area contributed by atoms with Gasteiger partial charge in [-0.2, -0.15) is 0 Å². The minimum absolute atomic E-state index is 0.319. The molecule has 17 heavy (non-hydrogen) atoms. The summed E-state index contributed by atoms with van der Waals surface area (Å²) in [4.78, 5) is 11.1. The average Bonchev–Trinajstić information content (AvgIpc) is 2.18. The van der Waals surface area contributed by atoms with Gasteiger partial charge in [-0.15, -0.1) is 13.2 Å².